The Bertz CT molecular complexity index is 461. The van der Waals surface area contributed by atoms with Gasteiger partial charge >= 0.3 is 0 Å². The normalized spacial score (nSPS) is 11.9. The first-order chi connectivity index (χ1) is 7.43. The van der Waals surface area contributed by atoms with Gasteiger partial charge in [0, 0.05) is 5.56 Å². The zero-order chi connectivity index (χ0) is 12.3. The number of benzene rings is 1. The first-order valence-electron chi connectivity index (χ1n) is 4.31. The zero-order valence-corrected chi connectivity index (χ0v) is 9.80. The second kappa shape index (κ2) is 5.14. The Hall–Kier alpha value is -1.32. The number of hydrogen-bond acceptors (Lipinski definition) is 3. The van der Waals surface area contributed by atoms with Crippen molar-refractivity contribution < 1.29 is 14.7 Å². The lowest BCUT2D eigenvalue weighted by atomic mass is 10.1. The number of aliphatic carboxylic acids is 1. The van der Waals surface area contributed by atoms with Gasteiger partial charge in [0.05, 0.1) is 11.0 Å². The highest BCUT2D eigenvalue weighted by atomic mass is 35.5. The van der Waals surface area contributed by atoms with Crippen molar-refractivity contribution in [2.75, 3.05) is 0 Å². The van der Waals surface area contributed by atoms with Crippen molar-refractivity contribution in [2.45, 2.75) is 6.92 Å². The molecule has 1 aromatic carbocycles. The third-order valence-electron chi connectivity index (χ3n) is 1.89. The van der Waals surface area contributed by atoms with Gasteiger partial charge in [-0.3, -0.25) is 4.79 Å². The monoisotopic (exact) mass is 257 g/mol. The lowest BCUT2D eigenvalue weighted by Crippen LogP contribution is -2.23. The number of hydrogen-bond donors (Lipinski definition) is 0. The number of halogens is 2. The Morgan fingerprint density at radius 3 is 2.00 bits per heavy atom. The summed E-state index contributed by atoms with van der Waals surface area (Å²) in [6.45, 7) is 1.86. The lowest BCUT2D eigenvalue weighted by Gasteiger charge is -2.04. The number of carboxylic acids is 1. The van der Waals surface area contributed by atoms with Crippen LogP contribution in [0.2, 0.25) is 0 Å². The van der Waals surface area contributed by atoms with Crippen LogP contribution in [0.15, 0.2) is 34.3 Å². The average Bonchev–Trinajstić information content (AvgIpc) is 2.27. The van der Waals surface area contributed by atoms with Crippen LogP contribution in [0.5, 0.6) is 0 Å². The molecule has 0 aliphatic heterocycles. The van der Waals surface area contributed by atoms with E-state index in [0.717, 1.165) is 5.56 Å². The number of carboxylic acid groups (broad SMARTS) is 1. The molecule has 0 spiro atoms. The highest BCUT2D eigenvalue weighted by Crippen LogP contribution is 2.19. The van der Waals surface area contributed by atoms with E-state index in [2.05, 4.69) is 0 Å². The van der Waals surface area contributed by atoms with E-state index in [1.54, 1.807) is 24.3 Å². The fourth-order valence-corrected chi connectivity index (χ4v) is 1.29. The maximum absolute atomic E-state index is 11.6. The van der Waals surface area contributed by atoms with Crippen molar-refractivity contribution in [3.8, 4) is 0 Å². The molecular weight excluding hydrogens is 251 g/mol. The Morgan fingerprint density at radius 1 is 1.06 bits per heavy atom. The smallest absolute Gasteiger partial charge is 0.205 e. The van der Waals surface area contributed by atoms with Crippen LogP contribution in [0.25, 0.3) is 0 Å². The summed E-state index contributed by atoms with van der Waals surface area (Å²) in [6, 6.07) is 6.51. The van der Waals surface area contributed by atoms with Crippen LogP contribution in [0.1, 0.15) is 15.9 Å². The van der Waals surface area contributed by atoms with E-state index in [9.17, 15) is 14.7 Å². The molecule has 3 nitrogen and oxygen atoms in total. The van der Waals surface area contributed by atoms with Crippen molar-refractivity contribution >= 4 is 35.0 Å². The van der Waals surface area contributed by atoms with Crippen LogP contribution < -0.4 is 5.11 Å². The molecule has 0 bridgehead atoms. The topological polar surface area (TPSA) is 57.2 Å². The molecule has 0 amide bonds. The molecule has 0 saturated heterocycles. The van der Waals surface area contributed by atoms with Gasteiger partial charge in [-0.1, -0.05) is 53.0 Å². The van der Waals surface area contributed by atoms with Gasteiger partial charge in [0.2, 0.25) is 5.78 Å². The van der Waals surface area contributed by atoms with Crippen molar-refractivity contribution in [3.05, 3.63) is 45.5 Å². The summed E-state index contributed by atoms with van der Waals surface area (Å²) in [5, 5.41) is 9.06. The number of carbonyl (C=O) groups excluding carboxylic acids is 2. The summed E-state index contributed by atoms with van der Waals surface area (Å²) in [7, 11) is 0. The minimum atomic E-state index is -1.67. The number of carbonyl (C=O) groups is 2. The van der Waals surface area contributed by atoms with E-state index in [1.165, 1.54) is 0 Å². The van der Waals surface area contributed by atoms with Crippen molar-refractivity contribution in [2.24, 2.45) is 0 Å². The molecule has 0 atom stereocenters. The third-order valence-corrected chi connectivity index (χ3v) is 2.69. The number of aryl methyl sites for hydroxylation is 1. The van der Waals surface area contributed by atoms with Crippen LogP contribution >= 0.6 is 23.2 Å². The first kappa shape index (κ1) is 12.7. The predicted molar refractivity (Wildman–Crippen MR) is 59.2 cm³/mol. The van der Waals surface area contributed by atoms with Crippen LogP contribution in [0.4, 0.5) is 0 Å². The van der Waals surface area contributed by atoms with Crippen LogP contribution in [0.3, 0.4) is 0 Å². The van der Waals surface area contributed by atoms with Crippen LogP contribution in [0, 0.1) is 6.92 Å². The Kier molecular flexibility index (Phi) is 4.10. The molecular formula is C11H7Cl2O3-. The van der Waals surface area contributed by atoms with E-state index in [4.69, 9.17) is 23.2 Å². The van der Waals surface area contributed by atoms with Crippen molar-refractivity contribution in [1.82, 2.24) is 0 Å². The number of rotatable bonds is 3. The van der Waals surface area contributed by atoms with Crippen molar-refractivity contribution in [3.63, 3.8) is 0 Å². The second-order valence-corrected chi connectivity index (χ2v) is 3.87. The number of ketones is 1. The zero-order valence-electron chi connectivity index (χ0n) is 8.29. The molecule has 0 saturated carbocycles. The highest BCUT2D eigenvalue weighted by Gasteiger charge is 2.14. The van der Waals surface area contributed by atoms with Gasteiger partial charge in [-0.2, -0.15) is 0 Å². The second-order valence-electron chi connectivity index (χ2n) is 3.11. The fraction of sp³-hybridized carbons (Fsp3) is 0.0909. The van der Waals surface area contributed by atoms with Crippen LogP contribution in [-0.4, -0.2) is 11.8 Å². The Labute approximate surface area is 102 Å². The molecule has 0 aliphatic rings. The van der Waals surface area contributed by atoms with Gasteiger partial charge in [0.25, 0.3) is 0 Å². The van der Waals surface area contributed by atoms with E-state index in [0.29, 0.717) is 0 Å². The summed E-state index contributed by atoms with van der Waals surface area (Å²) in [6.07, 6.45) is 0. The van der Waals surface area contributed by atoms with Gasteiger partial charge in [0.1, 0.15) is 5.03 Å². The van der Waals surface area contributed by atoms with Crippen LogP contribution in [-0.2, 0) is 4.79 Å². The summed E-state index contributed by atoms with van der Waals surface area (Å²) in [4.78, 5) is 22.0. The maximum atomic E-state index is 11.6. The fourth-order valence-electron chi connectivity index (χ4n) is 1.02. The highest BCUT2D eigenvalue weighted by molar-refractivity contribution is 6.54. The molecule has 0 N–H and O–H groups in total. The number of Topliss-reactive ketones (excluding diaryl/α,β-unsaturated/α-hetero) is 1. The lowest BCUT2D eigenvalue weighted by molar-refractivity contribution is -0.298. The molecule has 1 aromatic rings. The molecule has 0 unspecified atom stereocenters. The summed E-state index contributed by atoms with van der Waals surface area (Å²) in [5.74, 6) is -2.32. The molecule has 5 heteroatoms. The van der Waals surface area contributed by atoms with Gasteiger partial charge < -0.3 is 9.90 Å². The van der Waals surface area contributed by atoms with E-state index < -0.39 is 21.8 Å². The van der Waals surface area contributed by atoms with Crippen molar-refractivity contribution in [1.29, 1.82) is 0 Å². The van der Waals surface area contributed by atoms with E-state index in [1.807, 2.05) is 6.92 Å². The van der Waals surface area contributed by atoms with Gasteiger partial charge in [-0.15, -0.1) is 0 Å². The molecule has 0 radical (unpaired) electrons. The quantitative estimate of drug-likeness (QED) is 0.611. The predicted octanol–water partition coefficient (Wildman–Crippen LogP) is 1.62. The average molecular weight is 258 g/mol. The summed E-state index contributed by atoms with van der Waals surface area (Å²) < 4.78 is 0. The van der Waals surface area contributed by atoms with E-state index >= 15 is 0 Å². The summed E-state index contributed by atoms with van der Waals surface area (Å²) >= 11 is 10.8. The molecule has 0 heterocycles. The summed E-state index contributed by atoms with van der Waals surface area (Å²) in [5.41, 5.74) is 1.25. The third kappa shape index (κ3) is 2.84. The SMILES string of the molecule is Cc1ccc(C(=O)/C(Cl)=C(\Cl)C(=O)[O-])cc1. The number of allylic oxidation sites excluding steroid dienone is 1. The Morgan fingerprint density at radius 2 is 1.56 bits per heavy atom. The first-order valence-corrected chi connectivity index (χ1v) is 5.07. The Balaban J connectivity index is 3.08. The molecule has 0 aromatic heterocycles. The largest absolute Gasteiger partial charge is 0.544 e. The maximum Gasteiger partial charge on any atom is 0.205 e. The standard InChI is InChI=1S/C11H8Cl2O3/c1-6-2-4-7(5-3-6)10(14)8(12)9(13)11(15)16/h2-5H,1H3,(H,15,16)/p-1/b9-8+. The minimum absolute atomic E-state index is 0.273. The van der Waals surface area contributed by atoms with E-state index in [-0.39, 0.29) is 5.56 Å². The molecule has 0 fully saturated rings. The molecule has 0 aliphatic carbocycles. The van der Waals surface area contributed by atoms with Gasteiger partial charge in [-0.25, -0.2) is 0 Å². The molecule has 1 rings (SSSR count). The van der Waals surface area contributed by atoms with Gasteiger partial charge in [0.15, 0.2) is 0 Å². The van der Waals surface area contributed by atoms with Gasteiger partial charge in [-0.05, 0) is 6.92 Å². The molecule has 84 valence electrons. The minimum Gasteiger partial charge on any atom is -0.544 e. The molecule has 16 heavy (non-hydrogen) atoms.